The number of urea groups is 1. The molecular weight excluding hydrogens is 390 g/mol. The van der Waals surface area contributed by atoms with Crippen molar-refractivity contribution in [2.24, 2.45) is 0 Å². The molecule has 4 rings (SSSR count). The van der Waals surface area contributed by atoms with E-state index in [-0.39, 0.29) is 11.4 Å². The minimum absolute atomic E-state index is 0.194. The smallest absolute Gasteiger partial charge is 0.321 e. The van der Waals surface area contributed by atoms with E-state index in [1.165, 1.54) is 11.3 Å². The molecule has 0 saturated carbocycles. The number of aromatic nitrogens is 5. The Hall–Kier alpha value is -3.27. The van der Waals surface area contributed by atoms with Gasteiger partial charge in [-0.25, -0.2) is 9.78 Å². The van der Waals surface area contributed by atoms with E-state index < -0.39 is 0 Å². The summed E-state index contributed by atoms with van der Waals surface area (Å²) in [6.45, 7) is 6.41. The number of H-pyrrole nitrogens is 1. The van der Waals surface area contributed by atoms with Crippen LogP contribution in [0.15, 0.2) is 35.1 Å². The van der Waals surface area contributed by atoms with Crippen molar-refractivity contribution >= 4 is 32.7 Å². The van der Waals surface area contributed by atoms with E-state index in [2.05, 4.69) is 36.0 Å². The van der Waals surface area contributed by atoms with Crippen LogP contribution in [0.4, 0.5) is 9.93 Å². The molecule has 0 aliphatic carbocycles. The molecule has 0 aliphatic rings. The van der Waals surface area contributed by atoms with Crippen LogP contribution in [0.25, 0.3) is 21.3 Å². The summed E-state index contributed by atoms with van der Waals surface area (Å²) in [5.74, 6) is 1.16. The van der Waals surface area contributed by atoms with Gasteiger partial charge in [-0.15, -0.1) is 0 Å². The third-order valence-electron chi connectivity index (χ3n) is 4.18. The first-order valence-electron chi connectivity index (χ1n) is 9.16. The molecule has 10 heteroatoms. The van der Waals surface area contributed by atoms with Crippen molar-refractivity contribution in [3.8, 4) is 11.1 Å². The molecule has 0 unspecified atom stereocenters. The number of fused-ring (bicyclic) bond motifs is 1. The molecule has 3 N–H and O–H groups in total. The zero-order valence-corrected chi connectivity index (χ0v) is 17.1. The number of anilines is 1. The second-order valence-corrected chi connectivity index (χ2v) is 8.62. The highest BCUT2D eigenvalue weighted by molar-refractivity contribution is 7.22. The molecule has 3 aromatic heterocycles. The predicted molar refractivity (Wildman–Crippen MR) is 111 cm³/mol. The van der Waals surface area contributed by atoms with Crippen molar-refractivity contribution < 1.29 is 9.32 Å². The Kier molecular flexibility index (Phi) is 5.01. The molecule has 150 valence electrons. The number of carbonyl (C=O) groups is 1. The maximum absolute atomic E-state index is 12.2. The second kappa shape index (κ2) is 7.63. The molecule has 2 amide bonds. The van der Waals surface area contributed by atoms with Gasteiger partial charge in [-0.1, -0.05) is 43.3 Å². The fourth-order valence-electron chi connectivity index (χ4n) is 2.66. The number of rotatable bonds is 5. The molecule has 4 aromatic rings. The van der Waals surface area contributed by atoms with Crippen LogP contribution in [0.3, 0.4) is 0 Å². The van der Waals surface area contributed by atoms with Crippen LogP contribution < -0.4 is 10.6 Å². The van der Waals surface area contributed by atoms with E-state index in [1.54, 1.807) is 6.20 Å². The molecule has 29 heavy (non-hydrogen) atoms. The van der Waals surface area contributed by atoms with E-state index in [1.807, 2.05) is 45.2 Å². The van der Waals surface area contributed by atoms with Gasteiger partial charge >= 0.3 is 6.03 Å². The number of hydrogen-bond donors (Lipinski definition) is 3. The number of amides is 2. The fourth-order valence-corrected chi connectivity index (χ4v) is 3.56. The third kappa shape index (κ3) is 4.43. The van der Waals surface area contributed by atoms with Crippen LogP contribution in [0.2, 0.25) is 0 Å². The number of thiazole rings is 1. The summed E-state index contributed by atoms with van der Waals surface area (Å²) < 4.78 is 6.24. The van der Waals surface area contributed by atoms with Crippen molar-refractivity contribution in [2.45, 2.75) is 32.6 Å². The van der Waals surface area contributed by atoms with Crippen LogP contribution in [-0.2, 0) is 11.8 Å². The Morgan fingerprint density at radius 2 is 2.10 bits per heavy atom. The lowest BCUT2D eigenvalue weighted by molar-refractivity contribution is 0.252. The lowest BCUT2D eigenvalue weighted by atomic mass is 9.97. The summed E-state index contributed by atoms with van der Waals surface area (Å²) in [6, 6.07) is 5.62. The number of carbonyl (C=O) groups excluding carboxylic acids is 1. The standard InChI is InChI=1S/C19H21N7O2S/c1-19(2,3)16-24-15(26-28-16)6-7-20-17(27)25-18-23-13-5-4-11(8-14(13)29-18)12-9-21-22-10-12/h4-5,8-10H,6-7H2,1-3H3,(H,21,22)(H2,20,23,25,27). The summed E-state index contributed by atoms with van der Waals surface area (Å²) in [4.78, 5) is 21.0. The van der Waals surface area contributed by atoms with Crippen molar-refractivity contribution in [1.29, 1.82) is 0 Å². The van der Waals surface area contributed by atoms with E-state index >= 15 is 0 Å². The van der Waals surface area contributed by atoms with Gasteiger partial charge in [-0.05, 0) is 17.7 Å². The summed E-state index contributed by atoms with van der Waals surface area (Å²) >= 11 is 1.42. The average molecular weight is 411 g/mol. The summed E-state index contributed by atoms with van der Waals surface area (Å²) in [6.07, 6.45) is 4.09. The van der Waals surface area contributed by atoms with Crippen LogP contribution in [-0.4, -0.2) is 37.9 Å². The highest BCUT2D eigenvalue weighted by Crippen LogP contribution is 2.30. The molecule has 9 nitrogen and oxygen atoms in total. The van der Waals surface area contributed by atoms with Crippen molar-refractivity contribution in [1.82, 2.24) is 30.6 Å². The van der Waals surface area contributed by atoms with Gasteiger partial charge in [0, 0.05) is 30.1 Å². The minimum atomic E-state index is -0.321. The van der Waals surface area contributed by atoms with Crippen molar-refractivity contribution in [3.63, 3.8) is 0 Å². The number of nitrogens with one attached hydrogen (secondary N) is 3. The monoisotopic (exact) mass is 411 g/mol. The topological polar surface area (TPSA) is 122 Å². The molecule has 0 radical (unpaired) electrons. The average Bonchev–Trinajstić information content (AvgIpc) is 3.40. The highest BCUT2D eigenvalue weighted by atomic mass is 32.1. The first-order chi connectivity index (χ1) is 13.9. The second-order valence-electron chi connectivity index (χ2n) is 7.59. The Balaban J connectivity index is 1.33. The predicted octanol–water partition coefficient (Wildman–Crippen LogP) is 3.73. The first kappa shape index (κ1) is 19.1. The zero-order chi connectivity index (χ0) is 20.4. The molecule has 0 saturated heterocycles. The normalized spacial score (nSPS) is 11.7. The molecular formula is C19H21N7O2S. The molecule has 3 heterocycles. The molecule has 0 spiro atoms. The lowest BCUT2D eigenvalue weighted by Gasteiger charge is -2.10. The molecule has 0 aliphatic heterocycles. The summed E-state index contributed by atoms with van der Waals surface area (Å²) in [5, 5.41) is 16.8. The van der Waals surface area contributed by atoms with E-state index in [4.69, 9.17) is 4.52 Å². The van der Waals surface area contributed by atoms with E-state index in [0.29, 0.717) is 29.8 Å². The van der Waals surface area contributed by atoms with Gasteiger partial charge in [0.15, 0.2) is 11.0 Å². The van der Waals surface area contributed by atoms with Crippen LogP contribution in [0.5, 0.6) is 0 Å². The number of aromatic amines is 1. The maximum Gasteiger partial charge on any atom is 0.321 e. The Bertz CT molecular complexity index is 1130. The van der Waals surface area contributed by atoms with Gasteiger partial charge in [-0.3, -0.25) is 10.4 Å². The Morgan fingerprint density at radius 3 is 2.83 bits per heavy atom. The number of nitrogens with zero attached hydrogens (tertiary/aromatic N) is 4. The minimum Gasteiger partial charge on any atom is -0.339 e. The maximum atomic E-state index is 12.2. The first-order valence-corrected chi connectivity index (χ1v) is 9.98. The van der Waals surface area contributed by atoms with Gasteiger partial charge in [0.25, 0.3) is 0 Å². The van der Waals surface area contributed by atoms with Gasteiger partial charge in [0.1, 0.15) is 0 Å². The van der Waals surface area contributed by atoms with Crippen molar-refractivity contribution in [2.75, 3.05) is 11.9 Å². The highest BCUT2D eigenvalue weighted by Gasteiger charge is 2.21. The summed E-state index contributed by atoms with van der Waals surface area (Å²) in [5.41, 5.74) is 2.68. The van der Waals surface area contributed by atoms with Crippen LogP contribution in [0.1, 0.15) is 32.5 Å². The Morgan fingerprint density at radius 1 is 1.24 bits per heavy atom. The largest absolute Gasteiger partial charge is 0.339 e. The number of hydrogen-bond acceptors (Lipinski definition) is 7. The number of benzene rings is 1. The third-order valence-corrected chi connectivity index (χ3v) is 5.12. The molecule has 0 atom stereocenters. The molecule has 0 bridgehead atoms. The van der Waals surface area contributed by atoms with E-state index in [0.717, 1.165) is 21.3 Å². The van der Waals surface area contributed by atoms with Gasteiger partial charge in [0.2, 0.25) is 5.89 Å². The van der Waals surface area contributed by atoms with Crippen LogP contribution >= 0.6 is 11.3 Å². The summed E-state index contributed by atoms with van der Waals surface area (Å²) in [7, 11) is 0. The molecule has 0 fully saturated rings. The quantitative estimate of drug-likeness (QED) is 0.460. The van der Waals surface area contributed by atoms with Gasteiger partial charge in [0.05, 0.1) is 16.4 Å². The van der Waals surface area contributed by atoms with Crippen molar-refractivity contribution in [3.05, 3.63) is 42.3 Å². The van der Waals surface area contributed by atoms with E-state index in [9.17, 15) is 4.79 Å². The SMILES string of the molecule is CC(C)(C)c1nc(CCNC(=O)Nc2nc3ccc(-c4cn[nH]c4)cc3s2)no1. The van der Waals surface area contributed by atoms with Gasteiger partial charge < -0.3 is 9.84 Å². The lowest BCUT2D eigenvalue weighted by Crippen LogP contribution is -2.30. The fraction of sp³-hybridized carbons (Fsp3) is 0.316. The molecule has 1 aromatic carbocycles. The van der Waals surface area contributed by atoms with Gasteiger partial charge in [-0.2, -0.15) is 10.1 Å². The van der Waals surface area contributed by atoms with Crippen LogP contribution in [0, 0.1) is 0 Å². The zero-order valence-electron chi connectivity index (χ0n) is 16.3. The Labute approximate surface area is 170 Å².